The molecule has 0 spiro atoms. The van der Waals surface area contributed by atoms with Crippen LogP contribution in [0.1, 0.15) is 27.9 Å². The smallest absolute Gasteiger partial charge is 0.330 e. The Balaban J connectivity index is 1.99. The molecular formula is C19H18O4. The number of carbonyl (C=O) groups excluding carboxylic acids is 2. The van der Waals surface area contributed by atoms with Crippen LogP contribution in [0.3, 0.4) is 0 Å². The summed E-state index contributed by atoms with van der Waals surface area (Å²) < 4.78 is 4.89. The first-order chi connectivity index (χ1) is 11.1. The van der Waals surface area contributed by atoms with Gasteiger partial charge in [0, 0.05) is 11.6 Å². The van der Waals surface area contributed by atoms with Crippen molar-refractivity contribution in [2.45, 2.75) is 12.8 Å². The van der Waals surface area contributed by atoms with Gasteiger partial charge in [-0.3, -0.25) is 4.79 Å². The van der Waals surface area contributed by atoms with Crippen LogP contribution < -0.4 is 0 Å². The number of aryl methyl sites for hydroxylation is 1. The fourth-order valence-corrected chi connectivity index (χ4v) is 2.18. The van der Waals surface area contributed by atoms with Gasteiger partial charge >= 0.3 is 5.97 Å². The summed E-state index contributed by atoms with van der Waals surface area (Å²) in [6.45, 7) is 3.61. The lowest BCUT2D eigenvalue weighted by Gasteiger charge is -2.07. The number of hydrogen-bond donors (Lipinski definition) is 1. The standard InChI is InChI=1S/C19H18O4/c1-2-18(21)23-12-6-7-14-10-11-16(17(20)13-14)19(22)15-8-4-3-5-9-15/h2-5,8-11,13,20H,1,6-7,12H2. The molecule has 0 unspecified atom stereocenters. The van der Waals surface area contributed by atoms with Gasteiger partial charge in [-0.1, -0.05) is 43.0 Å². The molecule has 0 heterocycles. The fraction of sp³-hybridized carbons (Fsp3) is 0.158. The van der Waals surface area contributed by atoms with Crippen molar-refractivity contribution in [2.75, 3.05) is 6.61 Å². The Hall–Kier alpha value is -2.88. The Kier molecular flexibility index (Phi) is 5.69. The normalized spacial score (nSPS) is 10.1. The Bertz CT molecular complexity index is 705. The molecule has 0 saturated heterocycles. The highest BCUT2D eigenvalue weighted by molar-refractivity contribution is 6.10. The van der Waals surface area contributed by atoms with Gasteiger partial charge in [0.2, 0.25) is 0 Å². The zero-order valence-corrected chi connectivity index (χ0v) is 12.7. The van der Waals surface area contributed by atoms with E-state index < -0.39 is 5.97 Å². The predicted molar refractivity (Wildman–Crippen MR) is 87.5 cm³/mol. The molecule has 4 nitrogen and oxygen atoms in total. The van der Waals surface area contributed by atoms with Crippen LogP contribution in [0.15, 0.2) is 61.2 Å². The SMILES string of the molecule is C=CC(=O)OCCCc1ccc(C(=O)c2ccccc2)c(O)c1. The summed E-state index contributed by atoms with van der Waals surface area (Å²) in [6.07, 6.45) is 2.39. The molecule has 2 aromatic rings. The second-order valence-electron chi connectivity index (χ2n) is 5.02. The predicted octanol–water partition coefficient (Wildman–Crippen LogP) is 3.29. The molecule has 0 saturated carbocycles. The van der Waals surface area contributed by atoms with Gasteiger partial charge in [-0.05, 0) is 30.5 Å². The third-order valence-corrected chi connectivity index (χ3v) is 3.36. The Morgan fingerprint density at radius 1 is 1.13 bits per heavy atom. The number of hydrogen-bond acceptors (Lipinski definition) is 4. The van der Waals surface area contributed by atoms with E-state index in [0.29, 0.717) is 18.4 Å². The van der Waals surface area contributed by atoms with Crippen LogP contribution in [-0.2, 0) is 16.0 Å². The largest absolute Gasteiger partial charge is 0.507 e. The molecule has 0 radical (unpaired) electrons. The van der Waals surface area contributed by atoms with E-state index in [2.05, 4.69) is 6.58 Å². The number of benzene rings is 2. The maximum Gasteiger partial charge on any atom is 0.330 e. The average Bonchev–Trinajstić information content (AvgIpc) is 2.58. The quantitative estimate of drug-likeness (QED) is 0.369. The van der Waals surface area contributed by atoms with Gasteiger partial charge in [0.1, 0.15) is 5.75 Å². The van der Waals surface area contributed by atoms with Crippen molar-refractivity contribution in [3.05, 3.63) is 77.9 Å². The molecule has 0 atom stereocenters. The Morgan fingerprint density at radius 3 is 2.52 bits per heavy atom. The monoisotopic (exact) mass is 310 g/mol. The lowest BCUT2D eigenvalue weighted by Crippen LogP contribution is -2.04. The second-order valence-corrected chi connectivity index (χ2v) is 5.02. The topological polar surface area (TPSA) is 63.6 Å². The van der Waals surface area contributed by atoms with Gasteiger partial charge < -0.3 is 9.84 Å². The lowest BCUT2D eigenvalue weighted by atomic mass is 9.99. The number of phenolic OH excluding ortho intramolecular Hbond substituents is 1. The van der Waals surface area contributed by atoms with Crippen molar-refractivity contribution in [3.8, 4) is 5.75 Å². The number of ketones is 1. The number of esters is 1. The molecule has 0 fully saturated rings. The minimum atomic E-state index is -0.448. The van der Waals surface area contributed by atoms with Crippen molar-refractivity contribution in [3.63, 3.8) is 0 Å². The van der Waals surface area contributed by atoms with Crippen LogP contribution in [0.2, 0.25) is 0 Å². The van der Waals surface area contributed by atoms with Crippen molar-refractivity contribution >= 4 is 11.8 Å². The number of phenols is 1. The van der Waals surface area contributed by atoms with E-state index in [9.17, 15) is 14.7 Å². The molecule has 0 bridgehead atoms. The number of ether oxygens (including phenoxy) is 1. The summed E-state index contributed by atoms with van der Waals surface area (Å²) in [6, 6.07) is 13.8. The van der Waals surface area contributed by atoms with E-state index in [4.69, 9.17) is 4.74 Å². The fourth-order valence-electron chi connectivity index (χ4n) is 2.18. The number of aromatic hydroxyl groups is 1. The van der Waals surface area contributed by atoms with E-state index in [-0.39, 0.29) is 23.7 Å². The summed E-state index contributed by atoms with van der Waals surface area (Å²) in [7, 11) is 0. The van der Waals surface area contributed by atoms with Crippen LogP contribution in [0.25, 0.3) is 0 Å². The third-order valence-electron chi connectivity index (χ3n) is 3.36. The molecular weight excluding hydrogens is 292 g/mol. The van der Waals surface area contributed by atoms with Gasteiger partial charge in [-0.2, -0.15) is 0 Å². The first-order valence-corrected chi connectivity index (χ1v) is 7.32. The maximum atomic E-state index is 12.3. The van der Waals surface area contributed by atoms with E-state index in [1.807, 2.05) is 6.07 Å². The molecule has 23 heavy (non-hydrogen) atoms. The highest BCUT2D eigenvalue weighted by atomic mass is 16.5. The summed E-state index contributed by atoms with van der Waals surface area (Å²) in [4.78, 5) is 23.2. The summed E-state index contributed by atoms with van der Waals surface area (Å²) in [5.41, 5.74) is 1.69. The molecule has 2 rings (SSSR count). The molecule has 0 aliphatic heterocycles. The van der Waals surface area contributed by atoms with Gasteiger partial charge in [-0.15, -0.1) is 0 Å². The van der Waals surface area contributed by atoms with E-state index in [1.165, 1.54) is 0 Å². The summed E-state index contributed by atoms with van der Waals surface area (Å²) >= 11 is 0. The van der Waals surface area contributed by atoms with Gasteiger partial charge in [-0.25, -0.2) is 4.79 Å². The molecule has 1 N–H and O–H groups in total. The molecule has 0 aliphatic rings. The first kappa shape index (κ1) is 16.5. The molecule has 118 valence electrons. The maximum absolute atomic E-state index is 12.3. The van der Waals surface area contributed by atoms with Crippen LogP contribution in [0, 0.1) is 0 Å². The van der Waals surface area contributed by atoms with E-state index in [0.717, 1.165) is 11.6 Å². The lowest BCUT2D eigenvalue weighted by molar-refractivity contribution is -0.137. The van der Waals surface area contributed by atoms with Crippen molar-refractivity contribution < 1.29 is 19.4 Å². The van der Waals surface area contributed by atoms with Crippen molar-refractivity contribution in [1.29, 1.82) is 0 Å². The average molecular weight is 310 g/mol. The molecule has 0 aromatic heterocycles. The van der Waals surface area contributed by atoms with E-state index >= 15 is 0 Å². The highest BCUT2D eigenvalue weighted by Crippen LogP contribution is 2.22. The van der Waals surface area contributed by atoms with Crippen LogP contribution in [-0.4, -0.2) is 23.5 Å². The van der Waals surface area contributed by atoms with Gasteiger partial charge in [0.15, 0.2) is 5.78 Å². The second kappa shape index (κ2) is 7.94. The third kappa shape index (κ3) is 4.54. The van der Waals surface area contributed by atoms with Crippen molar-refractivity contribution in [1.82, 2.24) is 0 Å². The molecule has 2 aromatic carbocycles. The molecule has 4 heteroatoms. The Morgan fingerprint density at radius 2 is 1.87 bits per heavy atom. The number of carbonyl (C=O) groups is 2. The van der Waals surface area contributed by atoms with Crippen LogP contribution >= 0.6 is 0 Å². The summed E-state index contributed by atoms with van der Waals surface area (Å²) in [5, 5.41) is 10.1. The molecule has 0 amide bonds. The van der Waals surface area contributed by atoms with Crippen LogP contribution in [0.5, 0.6) is 5.75 Å². The Labute approximate surface area is 135 Å². The van der Waals surface area contributed by atoms with Crippen molar-refractivity contribution in [2.24, 2.45) is 0 Å². The zero-order valence-electron chi connectivity index (χ0n) is 12.7. The number of rotatable bonds is 7. The van der Waals surface area contributed by atoms with Gasteiger partial charge in [0.05, 0.1) is 12.2 Å². The minimum Gasteiger partial charge on any atom is -0.507 e. The van der Waals surface area contributed by atoms with Crippen LogP contribution in [0.4, 0.5) is 0 Å². The highest BCUT2D eigenvalue weighted by Gasteiger charge is 2.13. The first-order valence-electron chi connectivity index (χ1n) is 7.32. The minimum absolute atomic E-state index is 0.0422. The van der Waals surface area contributed by atoms with Gasteiger partial charge in [0.25, 0.3) is 0 Å². The van der Waals surface area contributed by atoms with E-state index in [1.54, 1.807) is 42.5 Å². The molecule has 0 aliphatic carbocycles. The zero-order chi connectivity index (χ0) is 16.7. The summed E-state index contributed by atoms with van der Waals surface area (Å²) in [5.74, 6) is -0.703.